The highest BCUT2D eigenvalue weighted by Crippen LogP contribution is 2.24. The van der Waals surface area contributed by atoms with Crippen LogP contribution in [0.15, 0.2) is 90.0 Å². The number of hydrogen-bond donors (Lipinski definition) is 1. The first kappa shape index (κ1) is 22.7. The number of pyridine rings is 2. The summed E-state index contributed by atoms with van der Waals surface area (Å²) < 4.78 is 15.7. The summed E-state index contributed by atoms with van der Waals surface area (Å²) in [6.07, 6.45) is 3.41. The third kappa shape index (κ3) is 4.76. The van der Waals surface area contributed by atoms with Crippen LogP contribution in [0.1, 0.15) is 29.8 Å². The molecular formula is C28H26FN5O. The number of rotatable bonds is 7. The van der Waals surface area contributed by atoms with E-state index < -0.39 is 0 Å². The molecule has 176 valence electrons. The monoisotopic (exact) mass is 467 g/mol. The van der Waals surface area contributed by atoms with Gasteiger partial charge in [-0.2, -0.15) is 5.10 Å². The van der Waals surface area contributed by atoms with Crippen molar-refractivity contribution >= 4 is 10.9 Å². The number of H-pyrrole nitrogens is 1. The summed E-state index contributed by atoms with van der Waals surface area (Å²) in [5.74, 6) is -0.371. The van der Waals surface area contributed by atoms with Gasteiger partial charge in [0.1, 0.15) is 5.82 Å². The van der Waals surface area contributed by atoms with Crippen molar-refractivity contribution in [1.82, 2.24) is 24.6 Å². The van der Waals surface area contributed by atoms with Crippen molar-refractivity contribution in [3.05, 3.63) is 118 Å². The molecule has 5 aromatic rings. The molecule has 3 aromatic heterocycles. The van der Waals surface area contributed by atoms with Crippen molar-refractivity contribution in [2.75, 3.05) is 7.05 Å². The quantitative estimate of drug-likeness (QED) is 0.359. The van der Waals surface area contributed by atoms with Gasteiger partial charge in [0, 0.05) is 36.1 Å². The maximum Gasteiger partial charge on any atom is 0.255 e. The van der Waals surface area contributed by atoms with Gasteiger partial charge in [0.05, 0.1) is 23.4 Å². The molecule has 5 rings (SSSR count). The minimum absolute atomic E-state index is 0.00458. The Bertz CT molecular complexity index is 1510. The van der Waals surface area contributed by atoms with Crippen molar-refractivity contribution in [1.29, 1.82) is 0 Å². The van der Waals surface area contributed by atoms with Crippen LogP contribution in [-0.4, -0.2) is 31.7 Å². The number of nitrogens with zero attached hydrogens (tertiary/aromatic N) is 4. The standard InChI is InChI=1S/C28H26FN5O/c1-19(25-15-26(32-31-25)21-8-4-3-5-9-21)33(2)18-23-13-22-10-11-24(29)14-27(22)34(28(23)35)17-20-7-6-12-30-16-20/h3-16,19H,17-18H2,1-2H3,(H,31,32)/t19-/m1/s1. The lowest BCUT2D eigenvalue weighted by atomic mass is 10.1. The predicted octanol–water partition coefficient (Wildman–Crippen LogP) is 5.17. The molecule has 1 atom stereocenters. The van der Waals surface area contributed by atoms with Crippen molar-refractivity contribution < 1.29 is 4.39 Å². The molecule has 35 heavy (non-hydrogen) atoms. The van der Waals surface area contributed by atoms with E-state index in [0.29, 0.717) is 24.2 Å². The lowest BCUT2D eigenvalue weighted by Crippen LogP contribution is -2.30. The van der Waals surface area contributed by atoms with E-state index in [4.69, 9.17) is 0 Å². The molecule has 0 aliphatic carbocycles. The van der Waals surface area contributed by atoms with Gasteiger partial charge < -0.3 is 4.57 Å². The lowest BCUT2D eigenvalue weighted by molar-refractivity contribution is 0.247. The average Bonchev–Trinajstić information content (AvgIpc) is 3.38. The van der Waals surface area contributed by atoms with E-state index in [-0.39, 0.29) is 17.4 Å². The van der Waals surface area contributed by atoms with Crippen LogP contribution in [0.2, 0.25) is 0 Å². The van der Waals surface area contributed by atoms with Gasteiger partial charge in [0.25, 0.3) is 5.56 Å². The third-order valence-electron chi connectivity index (χ3n) is 6.39. The Balaban J connectivity index is 1.46. The number of fused-ring (bicyclic) bond motifs is 1. The molecular weight excluding hydrogens is 441 g/mol. The number of aromatic nitrogens is 4. The van der Waals surface area contributed by atoms with Crippen LogP contribution in [0.5, 0.6) is 0 Å². The lowest BCUT2D eigenvalue weighted by Gasteiger charge is -2.24. The molecule has 3 heterocycles. The molecule has 0 aliphatic rings. The molecule has 7 heteroatoms. The van der Waals surface area contributed by atoms with E-state index in [2.05, 4.69) is 27.0 Å². The second-order valence-corrected chi connectivity index (χ2v) is 8.79. The summed E-state index contributed by atoms with van der Waals surface area (Å²) in [5, 5.41) is 8.43. The fourth-order valence-electron chi connectivity index (χ4n) is 4.30. The van der Waals surface area contributed by atoms with E-state index in [9.17, 15) is 9.18 Å². The van der Waals surface area contributed by atoms with E-state index in [1.54, 1.807) is 23.0 Å². The van der Waals surface area contributed by atoms with Crippen LogP contribution in [0.25, 0.3) is 22.2 Å². The Labute approximate surface area is 202 Å². The molecule has 0 amide bonds. The second kappa shape index (κ2) is 9.64. The van der Waals surface area contributed by atoms with Crippen LogP contribution in [0.4, 0.5) is 4.39 Å². The molecule has 0 spiro atoms. The second-order valence-electron chi connectivity index (χ2n) is 8.79. The third-order valence-corrected chi connectivity index (χ3v) is 6.39. The number of benzene rings is 2. The number of halogens is 1. The highest BCUT2D eigenvalue weighted by molar-refractivity contribution is 5.79. The van der Waals surface area contributed by atoms with Gasteiger partial charge in [0.2, 0.25) is 0 Å². The highest BCUT2D eigenvalue weighted by Gasteiger charge is 2.18. The average molecular weight is 468 g/mol. The van der Waals surface area contributed by atoms with Crippen molar-refractivity contribution in [2.24, 2.45) is 0 Å². The minimum Gasteiger partial charge on any atom is -0.303 e. The molecule has 0 aliphatic heterocycles. The Hall–Kier alpha value is -4.10. The minimum atomic E-state index is -0.371. The zero-order valence-corrected chi connectivity index (χ0v) is 19.6. The summed E-state index contributed by atoms with van der Waals surface area (Å²) in [6, 6.07) is 22.2. The van der Waals surface area contributed by atoms with Gasteiger partial charge in [-0.3, -0.25) is 19.8 Å². The van der Waals surface area contributed by atoms with E-state index >= 15 is 0 Å². The SMILES string of the molecule is C[C@H](c1cc(-c2ccccc2)n[nH]1)N(C)Cc1cc2ccc(F)cc2n(Cc2cccnc2)c1=O. The number of nitrogens with one attached hydrogen (secondary N) is 1. The van der Waals surface area contributed by atoms with E-state index in [1.165, 1.54) is 12.1 Å². The van der Waals surface area contributed by atoms with Gasteiger partial charge in [-0.15, -0.1) is 0 Å². The first-order valence-corrected chi connectivity index (χ1v) is 11.5. The molecule has 0 fully saturated rings. The zero-order valence-electron chi connectivity index (χ0n) is 19.6. The zero-order chi connectivity index (χ0) is 24.4. The van der Waals surface area contributed by atoms with Gasteiger partial charge >= 0.3 is 0 Å². The van der Waals surface area contributed by atoms with Crippen LogP contribution >= 0.6 is 0 Å². The summed E-state index contributed by atoms with van der Waals surface area (Å²) in [5.41, 5.74) is 4.84. The topological polar surface area (TPSA) is 66.8 Å². The van der Waals surface area contributed by atoms with Crippen molar-refractivity contribution in [3.8, 4) is 11.3 Å². The van der Waals surface area contributed by atoms with Crippen LogP contribution in [0, 0.1) is 5.82 Å². The normalized spacial score (nSPS) is 12.3. The van der Waals surface area contributed by atoms with E-state index in [1.807, 2.05) is 61.6 Å². The molecule has 1 N–H and O–H groups in total. The van der Waals surface area contributed by atoms with Gasteiger partial charge in [-0.25, -0.2) is 4.39 Å². The molecule has 6 nitrogen and oxygen atoms in total. The van der Waals surface area contributed by atoms with Crippen LogP contribution in [-0.2, 0) is 13.1 Å². The van der Waals surface area contributed by atoms with Crippen molar-refractivity contribution in [3.63, 3.8) is 0 Å². The Morgan fingerprint density at radius 3 is 2.66 bits per heavy atom. The highest BCUT2D eigenvalue weighted by atomic mass is 19.1. The molecule has 2 aromatic carbocycles. The van der Waals surface area contributed by atoms with Gasteiger partial charge in [0.15, 0.2) is 0 Å². The smallest absolute Gasteiger partial charge is 0.255 e. The predicted molar refractivity (Wildman–Crippen MR) is 135 cm³/mol. The molecule has 0 saturated carbocycles. The van der Waals surface area contributed by atoms with E-state index in [0.717, 1.165) is 27.9 Å². The Morgan fingerprint density at radius 2 is 1.89 bits per heavy atom. The summed E-state index contributed by atoms with van der Waals surface area (Å²) in [7, 11) is 1.98. The molecule has 0 bridgehead atoms. The first-order valence-electron chi connectivity index (χ1n) is 11.5. The fourth-order valence-corrected chi connectivity index (χ4v) is 4.30. The van der Waals surface area contributed by atoms with Gasteiger partial charge in [-0.05, 0) is 61.3 Å². The number of hydrogen-bond acceptors (Lipinski definition) is 4. The molecule has 0 unspecified atom stereocenters. The fraction of sp³-hybridized carbons (Fsp3) is 0.179. The maximum atomic E-state index is 14.1. The van der Waals surface area contributed by atoms with Crippen LogP contribution < -0.4 is 5.56 Å². The molecule has 0 radical (unpaired) electrons. The summed E-state index contributed by atoms with van der Waals surface area (Å²) >= 11 is 0. The van der Waals surface area contributed by atoms with Gasteiger partial charge in [-0.1, -0.05) is 36.4 Å². The summed E-state index contributed by atoms with van der Waals surface area (Å²) in [6.45, 7) is 2.83. The van der Waals surface area contributed by atoms with Crippen LogP contribution in [0.3, 0.4) is 0 Å². The maximum absolute atomic E-state index is 14.1. The summed E-state index contributed by atoms with van der Waals surface area (Å²) in [4.78, 5) is 19.8. The Morgan fingerprint density at radius 1 is 1.06 bits per heavy atom. The Kier molecular flexibility index (Phi) is 6.25. The molecule has 0 saturated heterocycles. The van der Waals surface area contributed by atoms with Crippen molar-refractivity contribution in [2.45, 2.75) is 26.1 Å². The number of aromatic amines is 1. The largest absolute Gasteiger partial charge is 0.303 e. The first-order chi connectivity index (χ1) is 17.0.